The lowest BCUT2D eigenvalue weighted by molar-refractivity contribution is 0.0591. The molecule has 2 saturated heterocycles. The third kappa shape index (κ3) is 22.8. The largest absolute Gasteiger partial charge is 0.478 e. The number of aryl methyl sites for hydroxylation is 8. The van der Waals surface area contributed by atoms with E-state index in [2.05, 4.69) is 74.3 Å². The second-order valence-electron chi connectivity index (χ2n) is 32.0. The normalized spacial score (nSPS) is 12.8. The molecule has 646 valence electrons. The van der Waals surface area contributed by atoms with Crippen molar-refractivity contribution in [3.63, 3.8) is 0 Å². The molecule has 14 rings (SSSR count). The number of fused-ring (bicyclic) bond motifs is 4. The molecular weight excluding hydrogens is 1630 g/mol. The topological polar surface area (TPSA) is 343 Å². The Bertz CT molecular complexity index is 5990. The predicted octanol–water partition coefficient (Wildman–Crippen LogP) is 19.5. The van der Waals surface area contributed by atoms with E-state index < -0.39 is 32.2 Å². The summed E-state index contributed by atoms with van der Waals surface area (Å²) in [5, 5.41) is 31.3. The number of nitrogens with one attached hydrogen (secondary N) is 3. The number of aliphatic hydroxyl groups excluding tert-OH is 1. The van der Waals surface area contributed by atoms with Crippen LogP contribution in [0.15, 0.2) is 170 Å². The molecule has 6 heterocycles. The van der Waals surface area contributed by atoms with Crippen LogP contribution in [0.25, 0.3) is 43.6 Å². The molecule has 0 atom stereocenters. The number of benzene rings is 8. The zero-order valence-corrected chi connectivity index (χ0v) is 75.2. The van der Waals surface area contributed by atoms with Gasteiger partial charge >= 0.3 is 29.8 Å². The molecule has 12 aromatic rings. The lowest BCUT2D eigenvalue weighted by atomic mass is 10.0. The first-order chi connectivity index (χ1) is 58.8. The number of halogens is 2. The van der Waals surface area contributed by atoms with E-state index in [1.54, 1.807) is 84.9 Å². The molecule has 7 N–H and O–H groups in total. The van der Waals surface area contributed by atoms with Crippen LogP contribution in [0.1, 0.15) is 174 Å². The number of nitrogen functional groups attached to an aromatic ring is 1. The Kier molecular flexibility index (Phi) is 30.9. The number of amides is 3. The van der Waals surface area contributed by atoms with E-state index in [1.807, 2.05) is 134 Å². The van der Waals surface area contributed by atoms with Gasteiger partial charge in [-0.25, -0.2) is 43.9 Å². The number of carbonyl (C=O) groups excluding carboxylic acids is 7. The first kappa shape index (κ1) is 93.5. The van der Waals surface area contributed by atoms with Gasteiger partial charge in [0.15, 0.2) is 8.32 Å². The van der Waals surface area contributed by atoms with E-state index in [-0.39, 0.29) is 56.8 Å². The highest BCUT2D eigenvalue weighted by atomic mass is 35.5. The Morgan fingerprint density at radius 2 is 0.677 bits per heavy atom. The van der Waals surface area contributed by atoms with Crippen molar-refractivity contribution >= 4 is 157 Å². The van der Waals surface area contributed by atoms with Crippen molar-refractivity contribution in [3.05, 3.63) is 269 Å². The van der Waals surface area contributed by atoms with Gasteiger partial charge in [-0.05, 0) is 241 Å². The third-order valence-corrected chi connectivity index (χ3v) is 27.1. The van der Waals surface area contributed by atoms with Crippen molar-refractivity contribution in [3.8, 4) is 0 Å². The summed E-state index contributed by atoms with van der Waals surface area (Å²) >= 11 is 11.8. The molecule has 2 fully saturated rings. The number of aromatic carboxylic acids is 1. The zero-order valence-electron chi connectivity index (χ0n) is 72.7. The highest BCUT2D eigenvalue weighted by Crippen LogP contribution is 2.40. The molecule has 0 saturated carbocycles. The minimum atomic E-state index is -1.83. The number of esters is 4. The van der Waals surface area contributed by atoms with E-state index >= 15 is 0 Å². The van der Waals surface area contributed by atoms with Gasteiger partial charge in [-0.2, -0.15) is 0 Å². The van der Waals surface area contributed by atoms with Crippen LogP contribution in [0, 0.1) is 55.4 Å². The minimum absolute atomic E-state index is 0.181. The fraction of sp³-hybridized carbons (Fsp3) is 0.292. The number of nitrogens with zero attached hydrogens (tertiary/aromatic N) is 6. The standard InChI is InChI=1S/C31H41N3O4Si.C25H27N3O4.C20H17ClN2O3.C10H6ClNO2.C10H13NO2/c1-20-17-22(30(36)37-6)18-21(2)28(20)33-29(35)25-19-27(32-26-12-10-9-11-24(25)26)34-15-13-23(14-16-34)38-39(7,8)31(3,4)5;1-15-12-17(25(31)32-3)13-16(2)23(15)27-24(30)20-14-22(28-10-8-18(29)9-11-28)26-21-7-5-4-6-19(20)21;1-11-8-13(20(25)26-3)9-12(2)18(11)23-19(24)15-10-17(21)22-16-7-5-4-6-14(15)16;11-9-5-7(10(13)14)6-3-1-2-4-8(6)12-9;1-6-4-8(10(12)13-3)5-7(2)9(6)11/h9-12,17-19,23H,13-16H2,1-8H3,(H,33,35);4-7,12-14,18,29H,8-11H2,1-3H3,(H,27,30);4-10H,1-3H3,(H,23,24);1-5H,(H,13,14);4-5H,11H2,1-3H3. The molecule has 4 aromatic heterocycles. The van der Waals surface area contributed by atoms with Gasteiger partial charge in [-0.1, -0.05) is 117 Å². The quantitative estimate of drug-likeness (QED) is 0.0182. The van der Waals surface area contributed by atoms with E-state index in [4.69, 9.17) is 62.6 Å². The maximum atomic E-state index is 13.7. The number of aromatic nitrogens is 4. The first-order valence-electron chi connectivity index (χ1n) is 40.3. The summed E-state index contributed by atoms with van der Waals surface area (Å²) in [5.74, 6) is -1.75. The molecule has 0 spiro atoms. The van der Waals surface area contributed by atoms with Crippen molar-refractivity contribution in [2.24, 2.45) is 0 Å². The molecule has 2 aliphatic heterocycles. The van der Waals surface area contributed by atoms with E-state index in [0.717, 1.165) is 115 Å². The second kappa shape index (κ2) is 41.0. The van der Waals surface area contributed by atoms with Crippen LogP contribution in [0.4, 0.5) is 34.4 Å². The van der Waals surface area contributed by atoms with Gasteiger partial charge in [-0.15, -0.1) is 0 Å². The number of pyridine rings is 4. The zero-order chi connectivity index (χ0) is 90.3. The van der Waals surface area contributed by atoms with Crippen LogP contribution in [0.5, 0.6) is 0 Å². The van der Waals surface area contributed by atoms with Crippen LogP contribution in [0.2, 0.25) is 28.4 Å². The van der Waals surface area contributed by atoms with Crippen molar-refractivity contribution in [2.75, 3.05) is 86.1 Å². The molecular formula is C96H104Cl2N10O15Si. The van der Waals surface area contributed by atoms with Crippen LogP contribution in [-0.2, 0) is 23.4 Å². The Morgan fingerprint density at radius 1 is 0.411 bits per heavy atom. The Labute approximate surface area is 732 Å². The third-order valence-electron chi connectivity index (χ3n) is 22.2. The number of aliphatic hydroxyl groups is 1. The number of hydrogen-bond acceptors (Lipinski definition) is 21. The smallest absolute Gasteiger partial charge is 0.337 e. The summed E-state index contributed by atoms with van der Waals surface area (Å²) in [4.78, 5) is 120. The van der Waals surface area contributed by atoms with Gasteiger partial charge in [0.2, 0.25) is 0 Å². The number of carboxylic acids is 1. The summed E-state index contributed by atoms with van der Waals surface area (Å²) in [5.41, 5.74) is 21.4. The molecule has 25 nitrogen and oxygen atoms in total. The Hall–Kier alpha value is -12.7. The molecule has 0 aliphatic carbocycles. The second-order valence-corrected chi connectivity index (χ2v) is 37.5. The van der Waals surface area contributed by atoms with E-state index in [0.29, 0.717) is 98.4 Å². The summed E-state index contributed by atoms with van der Waals surface area (Å²) in [6.45, 7) is 29.3. The monoisotopic (exact) mass is 1730 g/mol. The maximum Gasteiger partial charge on any atom is 0.337 e. The molecule has 124 heavy (non-hydrogen) atoms. The van der Waals surface area contributed by atoms with Crippen LogP contribution < -0.4 is 31.5 Å². The SMILES string of the molecule is COC(=O)c1cc(C)c(N)c(C)c1.COC(=O)c1cc(C)c(NC(=O)c2cc(Cl)nc3ccccc23)c(C)c1.COC(=O)c1cc(C)c(NC(=O)c2cc(N3CCC(O)CC3)nc3ccccc23)c(C)c1.COC(=O)c1cc(C)c(NC(=O)c2cc(N3CCC(O[Si](C)(C)C(C)(C)C)CC3)nc3ccccc23)c(C)c1.O=C(O)c1cc(Cl)nc2ccccc12. The van der Waals surface area contributed by atoms with E-state index in [1.165, 1.54) is 34.5 Å². The highest BCUT2D eigenvalue weighted by Gasteiger charge is 2.40. The van der Waals surface area contributed by atoms with Crippen molar-refractivity contribution < 1.29 is 71.9 Å². The Balaban J connectivity index is 0.000000171. The minimum Gasteiger partial charge on any atom is -0.478 e. The summed E-state index contributed by atoms with van der Waals surface area (Å²) in [7, 11) is 3.58. The highest BCUT2D eigenvalue weighted by molar-refractivity contribution is 6.74. The summed E-state index contributed by atoms with van der Waals surface area (Å²) in [6, 6.07) is 50.0. The van der Waals surface area contributed by atoms with Gasteiger partial charge < -0.3 is 65.1 Å². The number of carbonyl (C=O) groups is 8. The number of anilines is 6. The molecule has 8 aromatic carbocycles. The van der Waals surface area contributed by atoms with Gasteiger partial charge in [0.1, 0.15) is 21.9 Å². The number of ether oxygens (including phenoxy) is 4. The van der Waals surface area contributed by atoms with Gasteiger partial charge in [0.25, 0.3) is 17.7 Å². The lowest BCUT2D eigenvalue weighted by Crippen LogP contribution is -2.47. The van der Waals surface area contributed by atoms with Crippen LogP contribution in [0.3, 0.4) is 0 Å². The van der Waals surface area contributed by atoms with Gasteiger partial charge in [0, 0.05) is 76.6 Å². The van der Waals surface area contributed by atoms with Crippen LogP contribution in [-0.4, -0.2) is 153 Å². The summed E-state index contributed by atoms with van der Waals surface area (Å²) < 4.78 is 25.7. The molecule has 3 amide bonds. The van der Waals surface area contributed by atoms with Crippen molar-refractivity contribution in [1.82, 2.24) is 19.9 Å². The average molecular weight is 1740 g/mol. The molecule has 2 aliphatic rings. The molecule has 28 heteroatoms. The van der Waals surface area contributed by atoms with Gasteiger partial charge in [0.05, 0.1) is 101 Å². The number of carboxylic acid groups (broad SMARTS) is 1. The summed E-state index contributed by atoms with van der Waals surface area (Å²) in [6.07, 6.45) is 3.21. The molecule has 0 radical (unpaired) electrons. The Morgan fingerprint density at radius 3 is 0.976 bits per heavy atom. The average Bonchev–Trinajstić information content (AvgIpc) is 0.777. The van der Waals surface area contributed by atoms with Crippen molar-refractivity contribution in [2.45, 2.75) is 132 Å². The lowest BCUT2D eigenvalue weighted by Gasteiger charge is -2.42. The molecule has 0 unspecified atom stereocenters. The van der Waals surface area contributed by atoms with Gasteiger partial charge in [-0.3, -0.25) is 14.4 Å². The maximum absolute atomic E-state index is 13.7. The molecule has 0 bridgehead atoms. The first-order valence-corrected chi connectivity index (χ1v) is 44.0. The number of nitrogens with two attached hydrogens (primary N) is 1. The van der Waals surface area contributed by atoms with E-state index in [9.17, 15) is 43.5 Å². The number of para-hydroxylation sites is 4. The predicted molar refractivity (Wildman–Crippen MR) is 492 cm³/mol. The fourth-order valence-corrected chi connectivity index (χ4v) is 16.3. The number of methoxy groups -OCH3 is 4. The number of hydrogen-bond donors (Lipinski definition) is 6. The number of rotatable bonds is 15. The van der Waals surface area contributed by atoms with Crippen molar-refractivity contribution in [1.29, 1.82) is 0 Å². The number of piperidine rings is 2. The van der Waals surface area contributed by atoms with Crippen LogP contribution >= 0.6 is 23.2 Å². The fourth-order valence-electron chi connectivity index (χ4n) is 14.5.